The van der Waals surface area contributed by atoms with E-state index in [1.807, 2.05) is 25.1 Å². The fraction of sp³-hybridized carbons (Fsp3) is 0.500. The van der Waals surface area contributed by atoms with E-state index in [0.717, 1.165) is 23.7 Å². The smallest absolute Gasteiger partial charge is 0.249 e. The fourth-order valence-electron chi connectivity index (χ4n) is 2.75. The quantitative estimate of drug-likeness (QED) is 0.936. The second-order valence-corrected chi connectivity index (χ2v) is 5.80. The SMILES string of the molecule is Cc1nnc(-c2ccccc2NCC2CCN(C)CC2)o1. The molecule has 1 N–H and O–H groups in total. The molecule has 0 spiro atoms. The minimum absolute atomic E-state index is 0.582. The molecule has 1 aliphatic rings. The molecular weight excluding hydrogens is 264 g/mol. The summed E-state index contributed by atoms with van der Waals surface area (Å²) in [5.41, 5.74) is 2.05. The lowest BCUT2D eigenvalue weighted by atomic mass is 9.97. The van der Waals surface area contributed by atoms with E-state index in [-0.39, 0.29) is 0 Å². The van der Waals surface area contributed by atoms with E-state index in [1.54, 1.807) is 0 Å². The third kappa shape index (κ3) is 3.42. The van der Waals surface area contributed by atoms with Crippen LogP contribution < -0.4 is 5.32 Å². The highest BCUT2D eigenvalue weighted by atomic mass is 16.4. The molecule has 0 saturated carbocycles. The Morgan fingerprint density at radius 1 is 1.24 bits per heavy atom. The van der Waals surface area contributed by atoms with E-state index < -0.39 is 0 Å². The van der Waals surface area contributed by atoms with Crippen LogP contribution in [0.5, 0.6) is 0 Å². The molecule has 2 heterocycles. The van der Waals surface area contributed by atoms with Crippen LogP contribution in [-0.2, 0) is 0 Å². The van der Waals surface area contributed by atoms with Crippen molar-refractivity contribution in [1.82, 2.24) is 15.1 Å². The molecule has 0 atom stereocenters. The second-order valence-electron chi connectivity index (χ2n) is 5.80. The topological polar surface area (TPSA) is 54.2 Å². The zero-order valence-corrected chi connectivity index (χ0v) is 12.7. The van der Waals surface area contributed by atoms with Crippen molar-refractivity contribution < 1.29 is 4.42 Å². The van der Waals surface area contributed by atoms with Gasteiger partial charge in [0, 0.05) is 19.2 Å². The van der Waals surface area contributed by atoms with Crippen LogP contribution >= 0.6 is 0 Å². The number of aryl methyl sites for hydroxylation is 1. The number of hydrogen-bond donors (Lipinski definition) is 1. The van der Waals surface area contributed by atoms with Gasteiger partial charge in [-0.3, -0.25) is 0 Å². The number of aromatic nitrogens is 2. The molecule has 3 rings (SSSR count). The summed E-state index contributed by atoms with van der Waals surface area (Å²) in [5.74, 6) is 1.91. The van der Waals surface area contributed by atoms with Gasteiger partial charge in [0.2, 0.25) is 11.8 Å². The van der Waals surface area contributed by atoms with Gasteiger partial charge in [-0.1, -0.05) is 12.1 Å². The molecule has 5 heteroatoms. The molecule has 1 aromatic carbocycles. The van der Waals surface area contributed by atoms with E-state index in [1.165, 1.54) is 25.9 Å². The van der Waals surface area contributed by atoms with Gasteiger partial charge >= 0.3 is 0 Å². The molecule has 5 nitrogen and oxygen atoms in total. The lowest BCUT2D eigenvalue weighted by Crippen LogP contribution is -2.33. The van der Waals surface area contributed by atoms with Gasteiger partial charge in [0.1, 0.15) is 0 Å². The lowest BCUT2D eigenvalue weighted by Gasteiger charge is -2.29. The summed E-state index contributed by atoms with van der Waals surface area (Å²) in [5, 5.41) is 11.6. The Balaban J connectivity index is 1.68. The molecule has 0 bridgehead atoms. The molecule has 1 aromatic heterocycles. The first-order chi connectivity index (χ1) is 10.2. The van der Waals surface area contributed by atoms with Crippen molar-refractivity contribution in [2.24, 2.45) is 5.92 Å². The molecule has 1 saturated heterocycles. The second kappa shape index (κ2) is 6.26. The van der Waals surface area contributed by atoms with E-state index in [4.69, 9.17) is 4.42 Å². The van der Waals surface area contributed by atoms with Crippen molar-refractivity contribution in [1.29, 1.82) is 0 Å². The van der Waals surface area contributed by atoms with E-state index >= 15 is 0 Å². The third-order valence-corrected chi connectivity index (χ3v) is 4.10. The van der Waals surface area contributed by atoms with Crippen LogP contribution in [0.4, 0.5) is 5.69 Å². The summed E-state index contributed by atoms with van der Waals surface area (Å²) < 4.78 is 5.55. The van der Waals surface area contributed by atoms with E-state index in [0.29, 0.717) is 11.8 Å². The minimum atomic E-state index is 0.582. The predicted molar refractivity (Wildman–Crippen MR) is 83.2 cm³/mol. The van der Waals surface area contributed by atoms with Crippen molar-refractivity contribution in [2.75, 3.05) is 32.0 Å². The standard InChI is InChI=1S/C16H22N4O/c1-12-18-19-16(21-12)14-5-3-4-6-15(14)17-11-13-7-9-20(2)10-8-13/h3-6,13,17H,7-11H2,1-2H3. The van der Waals surface area contributed by atoms with Crippen molar-refractivity contribution >= 4 is 5.69 Å². The minimum Gasteiger partial charge on any atom is -0.421 e. The number of nitrogens with zero attached hydrogens (tertiary/aromatic N) is 3. The highest BCUT2D eigenvalue weighted by Gasteiger charge is 2.17. The van der Waals surface area contributed by atoms with Crippen molar-refractivity contribution in [2.45, 2.75) is 19.8 Å². The Hall–Kier alpha value is -1.88. The molecule has 0 aliphatic carbocycles. The maximum Gasteiger partial charge on any atom is 0.249 e. The van der Waals surface area contributed by atoms with Crippen LogP contribution in [0.3, 0.4) is 0 Å². The van der Waals surface area contributed by atoms with Crippen LogP contribution in [0.15, 0.2) is 28.7 Å². The first kappa shape index (κ1) is 14.1. The van der Waals surface area contributed by atoms with E-state index in [2.05, 4.69) is 33.5 Å². The van der Waals surface area contributed by atoms with Gasteiger partial charge in [0.15, 0.2) is 0 Å². The molecule has 2 aromatic rings. The first-order valence-electron chi connectivity index (χ1n) is 7.54. The summed E-state index contributed by atoms with van der Waals surface area (Å²) >= 11 is 0. The van der Waals surface area contributed by atoms with Crippen LogP contribution in [0, 0.1) is 12.8 Å². The largest absolute Gasteiger partial charge is 0.421 e. The van der Waals surface area contributed by atoms with Crippen LogP contribution in [0.2, 0.25) is 0 Å². The summed E-state index contributed by atoms with van der Waals surface area (Å²) in [4.78, 5) is 2.39. The zero-order chi connectivity index (χ0) is 14.7. The monoisotopic (exact) mass is 286 g/mol. The summed E-state index contributed by atoms with van der Waals surface area (Å²) in [6, 6.07) is 8.12. The van der Waals surface area contributed by atoms with Gasteiger partial charge in [-0.2, -0.15) is 0 Å². The Bertz CT molecular complexity index is 587. The van der Waals surface area contributed by atoms with Gasteiger partial charge in [0.25, 0.3) is 0 Å². The fourth-order valence-corrected chi connectivity index (χ4v) is 2.75. The number of rotatable bonds is 4. The molecule has 21 heavy (non-hydrogen) atoms. The normalized spacial score (nSPS) is 17.0. The number of nitrogens with one attached hydrogen (secondary N) is 1. The molecule has 0 amide bonds. The van der Waals surface area contributed by atoms with Gasteiger partial charge < -0.3 is 14.6 Å². The summed E-state index contributed by atoms with van der Waals surface area (Å²) in [6.45, 7) is 5.19. The highest BCUT2D eigenvalue weighted by molar-refractivity contribution is 5.72. The van der Waals surface area contributed by atoms with Crippen molar-refractivity contribution in [3.05, 3.63) is 30.2 Å². The number of likely N-dealkylation sites (tertiary alicyclic amines) is 1. The highest BCUT2D eigenvalue weighted by Crippen LogP contribution is 2.27. The third-order valence-electron chi connectivity index (χ3n) is 4.10. The number of para-hydroxylation sites is 1. The van der Waals surface area contributed by atoms with Crippen LogP contribution in [0.1, 0.15) is 18.7 Å². The predicted octanol–water partition coefficient (Wildman–Crippen LogP) is 2.80. The number of anilines is 1. The zero-order valence-electron chi connectivity index (χ0n) is 12.7. The molecule has 1 fully saturated rings. The van der Waals surface area contributed by atoms with Gasteiger partial charge in [-0.25, -0.2) is 0 Å². The van der Waals surface area contributed by atoms with Gasteiger partial charge in [-0.15, -0.1) is 10.2 Å². The number of benzene rings is 1. The Morgan fingerprint density at radius 3 is 2.71 bits per heavy atom. The van der Waals surface area contributed by atoms with Crippen molar-refractivity contribution in [3.8, 4) is 11.5 Å². The van der Waals surface area contributed by atoms with E-state index in [9.17, 15) is 0 Å². The lowest BCUT2D eigenvalue weighted by molar-refractivity contribution is 0.226. The van der Waals surface area contributed by atoms with Crippen LogP contribution in [0.25, 0.3) is 11.5 Å². The summed E-state index contributed by atoms with van der Waals surface area (Å²) in [6.07, 6.45) is 2.51. The maximum absolute atomic E-state index is 5.55. The Morgan fingerprint density at radius 2 is 2.00 bits per heavy atom. The van der Waals surface area contributed by atoms with Gasteiger partial charge in [0.05, 0.1) is 5.56 Å². The van der Waals surface area contributed by atoms with Crippen molar-refractivity contribution in [3.63, 3.8) is 0 Å². The summed E-state index contributed by atoms with van der Waals surface area (Å²) in [7, 11) is 2.19. The first-order valence-corrected chi connectivity index (χ1v) is 7.54. The molecule has 112 valence electrons. The Labute approximate surface area is 125 Å². The maximum atomic E-state index is 5.55. The number of piperidine rings is 1. The molecule has 1 aliphatic heterocycles. The number of hydrogen-bond acceptors (Lipinski definition) is 5. The van der Waals surface area contributed by atoms with Crippen LogP contribution in [-0.4, -0.2) is 41.8 Å². The molecule has 0 radical (unpaired) electrons. The van der Waals surface area contributed by atoms with Gasteiger partial charge in [-0.05, 0) is 51.0 Å². The Kier molecular flexibility index (Phi) is 4.20. The average Bonchev–Trinajstić information content (AvgIpc) is 2.93. The average molecular weight is 286 g/mol. The molecular formula is C16H22N4O. The molecule has 0 unspecified atom stereocenters.